The summed E-state index contributed by atoms with van der Waals surface area (Å²) in [6.45, 7) is 4.26. The Hall–Kier alpha value is -1.62. The Morgan fingerprint density at radius 2 is 2.11 bits per heavy atom. The van der Waals surface area contributed by atoms with E-state index in [9.17, 15) is 15.0 Å². The largest absolute Gasteiger partial charge is 0.508 e. The van der Waals surface area contributed by atoms with E-state index in [0.29, 0.717) is 0 Å². The molecule has 2 rings (SSSR count). The number of carbonyl (C=O) groups excluding carboxylic acids is 1. The molecular formula is C13H15NO3S. The first-order chi connectivity index (χ1) is 8.49. The molecule has 4 nitrogen and oxygen atoms in total. The van der Waals surface area contributed by atoms with Gasteiger partial charge in [0.25, 0.3) is 0 Å². The number of rotatable bonds is 3. The van der Waals surface area contributed by atoms with Crippen LogP contribution in [0.3, 0.4) is 0 Å². The lowest BCUT2D eigenvalue weighted by Gasteiger charge is -2.18. The first-order valence-corrected chi connectivity index (χ1v) is 6.58. The van der Waals surface area contributed by atoms with Crippen LogP contribution in [0.2, 0.25) is 0 Å². The number of hydrogen-bond donors (Lipinski definition) is 2. The van der Waals surface area contributed by atoms with Crippen LogP contribution in [0.4, 0.5) is 0 Å². The Bertz CT molecular complexity index is 525. The smallest absolute Gasteiger partial charge is 0.185 e. The molecule has 1 aromatic rings. The molecule has 0 spiro atoms. The van der Waals surface area contributed by atoms with Crippen molar-refractivity contribution in [2.24, 2.45) is 0 Å². The zero-order valence-electron chi connectivity index (χ0n) is 10.3. The summed E-state index contributed by atoms with van der Waals surface area (Å²) in [6.07, 6.45) is 0. The third-order valence-corrected chi connectivity index (χ3v) is 4.21. The SMILES string of the molecule is CC1=C(C)N(CC(=O)c2ccc(O)cc2O)CS1. The van der Waals surface area contributed by atoms with E-state index in [0.717, 1.165) is 11.6 Å². The quantitative estimate of drug-likeness (QED) is 0.822. The van der Waals surface area contributed by atoms with Crippen LogP contribution in [0, 0.1) is 0 Å². The van der Waals surface area contributed by atoms with Gasteiger partial charge in [-0.05, 0) is 26.0 Å². The monoisotopic (exact) mass is 265 g/mol. The highest BCUT2D eigenvalue weighted by Crippen LogP contribution is 2.31. The Morgan fingerprint density at radius 3 is 2.67 bits per heavy atom. The summed E-state index contributed by atoms with van der Waals surface area (Å²) in [5.41, 5.74) is 1.35. The molecule has 18 heavy (non-hydrogen) atoms. The number of Topliss-reactive ketones (excluding diaryl/α,β-unsaturated/α-hetero) is 1. The van der Waals surface area contributed by atoms with E-state index in [4.69, 9.17) is 0 Å². The van der Waals surface area contributed by atoms with E-state index in [1.165, 1.54) is 23.1 Å². The van der Waals surface area contributed by atoms with Crippen molar-refractivity contribution in [3.63, 3.8) is 0 Å². The Labute approximate surface area is 110 Å². The normalized spacial score (nSPS) is 15.3. The number of aromatic hydroxyl groups is 2. The molecule has 0 unspecified atom stereocenters. The summed E-state index contributed by atoms with van der Waals surface area (Å²) in [5, 5.41) is 18.8. The molecule has 0 aromatic heterocycles. The molecule has 0 fully saturated rings. The maximum absolute atomic E-state index is 12.1. The Kier molecular flexibility index (Phi) is 3.52. The summed E-state index contributed by atoms with van der Waals surface area (Å²) in [7, 11) is 0. The third kappa shape index (κ3) is 2.46. The van der Waals surface area contributed by atoms with Gasteiger partial charge in [-0.1, -0.05) is 0 Å². The molecule has 0 radical (unpaired) electrons. The minimum atomic E-state index is -0.176. The Balaban J connectivity index is 2.13. The number of benzene rings is 1. The molecule has 0 saturated heterocycles. The van der Waals surface area contributed by atoms with Crippen LogP contribution in [-0.2, 0) is 0 Å². The van der Waals surface area contributed by atoms with Crippen molar-refractivity contribution in [3.05, 3.63) is 34.4 Å². The number of allylic oxidation sites excluding steroid dienone is 2. The molecule has 96 valence electrons. The maximum atomic E-state index is 12.1. The molecule has 1 aliphatic heterocycles. The van der Waals surface area contributed by atoms with E-state index in [1.54, 1.807) is 11.8 Å². The molecule has 0 bridgehead atoms. The zero-order chi connectivity index (χ0) is 13.3. The molecule has 1 aliphatic rings. The van der Waals surface area contributed by atoms with Crippen molar-refractivity contribution in [3.8, 4) is 11.5 Å². The van der Waals surface area contributed by atoms with Gasteiger partial charge in [0.15, 0.2) is 5.78 Å². The molecule has 2 N–H and O–H groups in total. The molecule has 0 saturated carbocycles. The fourth-order valence-electron chi connectivity index (χ4n) is 1.78. The van der Waals surface area contributed by atoms with Gasteiger partial charge in [0.2, 0.25) is 0 Å². The summed E-state index contributed by atoms with van der Waals surface area (Å²) in [4.78, 5) is 15.3. The van der Waals surface area contributed by atoms with Crippen molar-refractivity contribution in [1.82, 2.24) is 4.90 Å². The second-order valence-corrected chi connectivity index (χ2v) is 5.40. The number of ketones is 1. The Morgan fingerprint density at radius 1 is 1.39 bits per heavy atom. The van der Waals surface area contributed by atoms with Crippen LogP contribution in [0.15, 0.2) is 28.8 Å². The van der Waals surface area contributed by atoms with Gasteiger partial charge in [-0.2, -0.15) is 0 Å². The lowest BCUT2D eigenvalue weighted by Crippen LogP contribution is -2.25. The standard InChI is InChI=1S/C13H15NO3S/c1-8-9(2)18-7-14(8)6-13(17)11-4-3-10(15)5-12(11)16/h3-5,15-16H,6-7H2,1-2H3. The number of hydrogen-bond acceptors (Lipinski definition) is 5. The van der Waals surface area contributed by atoms with Crippen molar-refractivity contribution in [1.29, 1.82) is 0 Å². The molecule has 0 atom stereocenters. The first-order valence-electron chi connectivity index (χ1n) is 5.59. The number of phenolic OH excluding ortho intramolecular Hbond substituents is 2. The zero-order valence-corrected chi connectivity index (χ0v) is 11.1. The van der Waals surface area contributed by atoms with Crippen molar-refractivity contribution in [2.75, 3.05) is 12.4 Å². The first kappa shape index (κ1) is 12.8. The van der Waals surface area contributed by atoms with Crippen molar-refractivity contribution < 1.29 is 15.0 Å². The molecule has 1 heterocycles. The van der Waals surface area contributed by atoms with Crippen LogP contribution < -0.4 is 0 Å². The van der Waals surface area contributed by atoms with Gasteiger partial charge in [-0.15, -0.1) is 11.8 Å². The summed E-state index contributed by atoms with van der Waals surface area (Å²) < 4.78 is 0. The van der Waals surface area contributed by atoms with E-state index >= 15 is 0 Å². The fraction of sp³-hybridized carbons (Fsp3) is 0.308. The number of nitrogens with zero attached hydrogens (tertiary/aromatic N) is 1. The second-order valence-electron chi connectivity index (χ2n) is 4.24. The third-order valence-electron chi connectivity index (χ3n) is 3.04. The molecular weight excluding hydrogens is 250 g/mol. The maximum Gasteiger partial charge on any atom is 0.185 e. The molecule has 0 amide bonds. The second kappa shape index (κ2) is 4.94. The van der Waals surface area contributed by atoms with Crippen molar-refractivity contribution >= 4 is 17.5 Å². The van der Waals surface area contributed by atoms with E-state index in [1.807, 2.05) is 18.7 Å². The van der Waals surface area contributed by atoms with Gasteiger partial charge in [0.05, 0.1) is 18.0 Å². The topological polar surface area (TPSA) is 60.8 Å². The summed E-state index contributed by atoms with van der Waals surface area (Å²) in [5.74, 6) is 0.391. The molecule has 0 aliphatic carbocycles. The highest BCUT2D eigenvalue weighted by molar-refractivity contribution is 8.03. The van der Waals surface area contributed by atoms with Gasteiger partial charge >= 0.3 is 0 Å². The highest BCUT2D eigenvalue weighted by atomic mass is 32.2. The van der Waals surface area contributed by atoms with Crippen molar-refractivity contribution in [2.45, 2.75) is 13.8 Å². The average Bonchev–Trinajstić information content (AvgIpc) is 2.61. The predicted octanol–water partition coefficient (Wildman–Crippen LogP) is 2.54. The van der Waals surface area contributed by atoms with Crippen LogP contribution >= 0.6 is 11.8 Å². The van der Waals surface area contributed by atoms with Gasteiger partial charge in [-0.25, -0.2) is 0 Å². The number of carbonyl (C=O) groups is 1. The van der Waals surface area contributed by atoms with Gasteiger partial charge in [0, 0.05) is 16.7 Å². The summed E-state index contributed by atoms with van der Waals surface area (Å²) >= 11 is 1.71. The average molecular weight is 265 g/mol. The van der Waals surface area contributed by atoms with Gasteiger partial charge in [0.1, 0.15) is 11.5 Å². The fourth-order valence-corrected chi connectivity index (χ4v) is 2.75. The minimum absolute atomic E-state index is 0.0484. The van der Waals surface area contributed by atoms with E-state index in [-0.39, 0.29) is 29.4 Å². The molecule has 1 aromatic carbocycles. The van der Waals surface area contributed by atoms with Gasteiger partial charge < -0.3 is 15.1 Å². The molecule has 5 heteroatoms. The van der Waals surface area contributed by atoms with Crippen LogP contribution in [0.5, 0.6) is 11.5 Å². The number of thioether (sulfide) groups is 1. The van der Waals surface area contributed by atoms with Crippen LogP contribution in [0.25, 0.3) is 0 Å². The van der Waals surface area contributed by atoms with Crippen LogP contribution in [0.1, 0.15) is 24.2 Å². The van der Waals surface area contributed by atoms with Crippen LogP contribution in [-0.4, -0.2) is 33.3 Å². The van der Waals surface area contributed by atoms with E-state index in [2.05, 4.69) is 0 Å². The lowest BCUT2D eigenvalue weighted by atomic mass is 10.1. The highest BCUT2D eigenvalue weighted by Gasteiger charge is 2.21. The minimum Gasteiger partial charge on any atom is -0.508 e. The number of phenols is 2. The van der Waals surface area contributed by atoms with Gasteiger partial charge in [-0.3, -0.25) is 4.79 Å². The predicted molar refractivity (Wildman–Crippen MR) is 71.6 cm³/mol. The lowest BCUT2D eigenvalue weighted by molar-refractivity contribution is 0.0956. The summed E-state index contributed by atoms with van der Waals surface area (Å²) in [6, 6.07) is 4.03. The van der Waals surface area contributed by atoms with E-state index < -0.39 is 0 Å².